The lowest BCUT2D eigenvalue weighted by Gasteiger charge is -2.23. The molecule has 1 saturated carbocycles. The maximum Gasteiger partial charge on any atom is 0.220 e. The summed E-state index contributed by atoms with van der Waals surface area (Å²) in [6.45, 7) is 3.26. The summed E-state index contributed by atoms with van der Waals surface area (Å²) >= 11 is 0. The van der Waals surface area contributed by atoms with Gasteiger partial charge in [-0.2, -0.15) is 0 Å². The molecule has 2 atom stereocenters. The van der Waals surface area contributed by atoms with E-state index in [1.807, 2.05) is 0 Å². The molecule has 2 fully saturated rings. The molecule has 0 bridgehead atoms. The van der Waals surface area contributed by atoms with Crippen LogP contribution < -0.4 is 10.6 Å². The highest BCUT2D eigenvalue weighted by Crippen LogP contribution is 2.32. The molecule has 1 saturated heterocycles. The zero-order valence-corrected chi connectivity index (χ0v) is 10.3. The number of rotatable bonds is 5. The van der Waals surface area contributed by atoms with Gasteiger partial charge in [-0.25, -0.2) is 0 Å². The lowest BCUT2D eigenvalue weighted by atomic mass is 10.0. The Labute approximate surface area is 98.4 Å². The average molecular weight is 224 g/mol. The van der Waals surface area contributed by atoms with Crippen LogP contribution in [0.15, 0.2) is 0 Å². The fourth-order valence-corrected chi connectivity index (χ4v) is 2.52. The summed E-state index contributed by atoms with van der Waals surface area (Å²) in [5.41, 5.74) is 0. The molecule has 1 amide bonds. The van der Waals surface area contributed by atoms with Crippen LogP contribution in [0.2, 0.25) is 0 Å². The molecule has 1 heterocycles. The monoisotopic (exact) mass is 224 g/mol. The molecule has 2 rings (SSSR count). The van der Waals surface area contributed by atoms with Crippen LogP contribution >= 0.6 is 0 Å². The molecule has 0 aromatic rings. The molecule has 2 N–H and O–H groups in total. The molecule has 0 radical (unpaired) electrons. The van der Waals surface area contributed by atoms with Crippen LogP contribution in [0.5, 0.6) is 0 Å². The Kier molecular flexibility index (Phi) is 4.22. The Morgan fingerprint density at radius 3 is 2.81 bits per heavy atom. The van der Waals surface area contributed by atoms with Gasteiger partial charge in [0.15, 0.2) is 0 Å². The van der Waals surface area contributed by atoms with Crippen LogP contribution in [0.25, 0.3) is 0 Å². The lowest BCUT2D eigenvalue weighted by Crippen LogP contribution is -2.37. The molecule has 3 nitrogen and oxygen atoms in total. The number of piperidine rings is 1. The van der Waals surface area contributed by atoms with E-state index in [0.29, 0.717) is 18.5 Å². The number of carbonyl (C=O) groups excluding carboxylic acids is 1. The molecule has 3 heteroatoms. The maximum atomic E-state index is 11.7. The van der Waals surface area contributed by atoms with Gasteiger partial charge in [0.05, 0.1) is 0 Å². The van der Waals surface area contributed by atoms with Crippen molar-refractivity contribution in [3.05, 3.63) is 0 Å². The highest BCUT2D eigenvalue weighted by molar-refractivity contribution is 5.76. The Bertz CT molecular complexity index is 232. The van der Waals surface area contributed by atoms with Gasteiger partial charge in [0.2, 0.25) is 5.91 Å². The smallest absolute Gasteiger partial charge is 0.220 e. The second kappa shape index (κ2) is 5.67. The van der Waals surface area contributed by atoms with Crippen LogP contribution in [0.3, 0.4) is 0 Å². The van der Waals surface area contributed by atoms with Gasteiger partial charge >= 0.3 is 0 Å². The topological polar surface area (TPSA) is 41.1 Å². The van der Waals surface area contributed by atoms with Crippen molar-refractivity contribution < 1.29 is 4.79 Å². The van der Waals surface area contributed by atoms with Crippen LogP contribution in [0, 0.1) is 5.92 Å². The molecule has 2 aliphatic rings. The van der Waals surface area contributed by atoms with Gasteiger partial charge in [0.25, 0.3) is 0 Å². The summed E-state index contributed by atoms with van der Waals surface area (Å²) in [6.07, 6.45) is 8.14. The van der Waals surface area contributed by atoms with Crippen molar-refractivity contribution in [2.75, 3.05) is 6.54 Å². The summed E-state index contributed by atoms with van der Waals surface area (Å²) < 4.78 is 0. The van der Waals surface area contributed by atoms with Gasteiger partial charge in [0.1, 0.15) is 0 Å². The largest absolute Gasteiger partial charge is 0.353 e. The number of nitrogens with one attached hydrogen (secondary N) is 2. The minimum Gasteiger partial charge on any atom is -0.353 e. The van der Waals surface area contributed by atoms with Crippen molar-refractivity contribution >= 4 is 5.91 Å². The number of amides is 1. The molecular weight excluding hydrogens is 200 g/mol. The van der Waals surface area contributed by atoms with Crippen molar-refractivity contribution in [1.82, 2.24) is 10.6 Å². The van der Waals surface area contributed by atoms with Crippen molar-refractivity contribution in [3.8, 4) is 0 Å². The van der Waals surface area contributed by atoms with Crippen molar-refractivity contribution in [1.29, 1.82) is 0 Å². The number of hydrogen-bond acceptors (Lipinski definition) is 2. The Balaban J connectivity index is 1.58. The Morgan fingerprint density at radius 2 is 2.19 bits per heavy atom. The first-order chi connectivity index (χ1) is 7.75. The zero-order valence-electron chi connectivity index (χ0n) is 10.3. The summed E-state index contributed by atoms with van der Waals surface area (Å²) in [6, 6.07) is 0.975. The van der Waals surface area contributed by atoms with E-state index in [-0.39, 0.29) is 5.91 Å². The minimum atomic E-state index is 0.242. The van der Waals surface area contributed by atoms with Crippen molar-refractivity contribution in [2.24, 2.45) is 5.92 Å². The molecule has 0 aromatic carbocycles. The highest BCUT2D eigenvalue weighted by Gasteiger charge is 2.28. The van der Waals surface area contributed by atoms with E-state index in [1.165, 1.54) is 32.1 Å². The van der Waals surface area contributed by atoms with Crippen molar-refractivity contribution in [2.45, 2.75) is 64.0 Å². The van der Waals surface area contributed by atoms with Crippen molar-refractivity contribution in [3.63, 3.8) is 0 Å². The van der Waals surface area contributed by atoms with E-state index in [0.717, 1.165) is 18.9 Å². The van der Waals surface area contributed by atoms with Crippen LogP contribution in [0.1, 0.15) is 51.9 Å². The molecule has 0 spiro atoms. The van der Waals surface area contributed by atoms with Gasteiger partial charge in [-0.05, 0) is 51.5 Å². The molecule has 2 unspecified atom stereocenters. The normalized spacial score (nSPS) is 27.4. The second-order valence-electron chi connectivity index (χ2n) is 5.38. The lowest BCUT2D eigenvalue weighted by molar-refractivity contribution is -0.122. The fraction of sp³-hybridized carbons (Fsp3) is 0.923. The molecular formula is C13H24N2O. The second-order valence-corrected chi connectivity index (χ2v) is 5.38. The third-order valence-corrected chi connectivity index (χ3v) is 3.85. The Hall–Kier alpha value is -0.570. The Morgan fingerprint density at radius 1 is 1.38 bits per heavy atom. The van der Waals surface area contributed by atoms with Gasteiger partial charge in [-0.15, -0.1) is 0 Å². The fourth-order valence-electron chi connectivity index (χ4n) is 2.52. The first-order valence-corrected chi connectivity index (χ1v) is 6.78. The minimum absolute atomic E-state index is 0.242. The van der Waals surface area contributed by atoms with Crippen LogP contribution in [-0.4, -0.2) is 24.5 Å². The van der Waals surface area contributed by atoms with E-state index in [2.05, 4.69) is 17.6 Å². The van der Waals surface area contributed by atoms with E-state index < -0.39 is 0 Å². The quantitative estimate of drug-likeness (QED) is 0.748. The predicted octanol–water partition coefficient (Wildman–Crippen LogP) is 1.82. The van der Waals surface area contributed by atoms with E-state index in [4.69, 9.17) is 0 Å². The summed E-state index contributed by atoms with van der Waals surface area (Å²) in [5.74, 6) is 1.00. The highest BCUT2D eigenvalue weighted by atomic mass is 16.1. The van der Waals surface area contributed by atoms with Gasteiger partial charge in [-0.1, -0.05) is 6.42 Å². The van der Waals surface area contributed by atoms with Gasteiger partial charge in [0, 0.05) is 18.5 Å². The van der Waals surface area contributed by atoms with E-state index >= 15 is 0 Å². The standard InChI is InChI=1S/C13H24N2O/c1-10(11-5-6-11)15-13(16)8-7-12-4-2-3-9-14-12/h10-12,14H,2-9H2,1H3,(H,15,16). The maximum absolute atomic E-state index is 11.7. The zero-order chi connectivity index (χ0) is 11.4. The predicted molar refractivity (Wildman–Crippen MR) is 65.2 cm³/mol. The molecule has 16 heavy (non-hydrogen) atoms. The first-order valence-electron chi connectivity index (χ1n) is 6.78. The molecule has 0 aromatic heterocycles. The third-order valence-electron chi connectivity index (χ3n) is 3.85. The first kappa shape index (κ1) is 11.9. The van der Waals surface area contributed by atoms with Gasteiger partial charge in [-0.3, -0.25) is 4.79 Å². The SMILES string of the molecule is CC(NC(=O)CCC1CCCCN1)C1CC1. The van der Waals surface area contributed by atoms with E-state index in [9.17, 15) is 4.79 Å². The van der Waals surface area contributed by atoms with Gasteiger partial charge < -0.3 is 10.6 Å². The molecule has 92 valence electrons. The summed E-state index contributed by atoms with van der Waals surface area (Å²) in [7, 11) is 0. The number of carbonyl (C=O) groups is 1. The summed E-state index contributed by atoms with van der Waals surface area (Å²) in [5, 5.41) is 6.60. The summed E-state index contributed by atoms with van der Waals surface area (Å²) in [4.78, 5) is 11.7. The van der Waals surface area contributed by atoms with Crippen LogP contribution in [-0.2, 0) is 4.79 Å². The average Bonchev–Trinajstić information content (AvgIpc) is 3.11. The van der Waals surface area contributed by atoms with E-state index in [1.54, 1.807) is 0 Å². The number of hydrogen-bond donors (Lipinski definition) is 2. The molecule has 1 aliphatic carbocycles. The van der Waals surface area contributed by atoms with Crippen LogP contribution in [0.4, 0.5) is 0 Å². The molecule has 1 aliphatic heterocycles. The third kappa shape index (κ3) is 3.78.